The number of ether oxygens (including phenoxy) is 3. The Bertz CT molecular complexity index is 1090. The van der Waals surface area contributed by atoms with Crippen molar-refractivity contribution in [3.05, 3.63) is 29.7 Å². The number of fused-ring (bicyclic) bond motifs is 3. The number of aromatic nitrogens is 3. The van der Waals surface area contributed by atoms with Crippen LogP contribution in [0.25, 0.3) is 11.3 Å². The summed E-state index contributed by atoms with van der Waals surface area (Å²) in [5, 5.41) is 13.7. The van der Waals surface area contributed by atoms with Gasteiger partial charge >= 0.3 is 12.1 Å². The molecule has 4 fully saturated rings. The summed E-state index contributed by atoms with van der Waals surface area (Å²) in [5.74, 6) is -0.451. The normalized spacial score (nSPS) is 25.9. The first kappa shape index (κ1) is 23.6. The highest BCUT2D eigenvalue weighted by atomic mass is 16.6. The monoisotopic (exact) mass is 484 g/mol. The van der Waals surface area contributed by atoms with Crippen LogP contribution < -0.4 is 4.74 Å². The number of amides is 1. The molecule has 4 atom stereocenters. The van der Waals surface area contributed by atoms with Crippen molar-refractivity contribution in [2.24, 2.45) is 13.0 Å². The summed E-state index contributed by atoms with van der Waals surface area (Å²) < 4.78 is 19.2. The van der Waals surface area contributed by atoms with Crippen LogP contribution in [0.3, 0.4) is 0 Å². The van der Waals surface area contributed by atoms with E-state index in [9.17, 15) is 14.7 Å². The van der Waals surface area contributed by atoms with Gasteiger partial charge in [0.15, 0.2) is 0 Å². The van der Waals surface area contributed by atoms with Gasteiger partial charge in [-0.25, -0.2) is 9.78 Å². The summed E-state index contributed by atoms with van der Waals surface area (Å²) in [4.78, 5) is 30.6. The van der Waals surface area contributed by atoms with E-state index in [0.717, 1.165) is 42.6 Å². The van der Waals surface area contributed by atoms with Gasteiger partial charge in [0.25, 0.3) is 0 Å². The van der Waals surface area contributed by atoms with Gasteiger partial charge in [0.05, 0.1) is 60.6 Å². The predicted molar refractivity (Wildman–Crippen MR) is 125 cm³/mol. The quantitative estimate of drug-likeness (QED) is 0.664. The van der Waals surface area contributed by atoms with E-state index >= 15 is 0 Å². The van der Waals surface area contributed by atoms with Crippen LogP contribution in [0, 0.1) is 12.8 Å². The van der Waals surface area contributed by atoms with Crippen LogP contribution in [0.5, 0.6) is 5.75 Å². The van der Waals surface area contributed by atoms with Crippen molar-refractivity contribution in [1.82, 2.24) is 19.7 Å². The first-order valence-electron chi connectivity index (χ1n) is 12.3. The number of aliphatic carboxylic acids is 1. The van der Waals surface area contributed by atoms with Crippen LogP contribution in [0.15, 0.2) is 18.3 Å². The van der Waals surface area contributed by atoms with E-state index in [1.54, 1.807) is 15.8 Å². The van der Waals surface area contributed by atoms with Crippen LogP contribution in [0.1, 0.15) is 49.9 Å². The van der Waals surface area contributed by atoms with E-state index in [2.05, 4.69) is 5.10 Å². The molecule has 35 heavy (non-hydrogen) atoms. The molecule has 2 aromatic rings. The Kier molecular flexibility index (Phi) is 6.64. The van der Waals surface area contributed by atoms with Gasteiger partial charge in [0, 0.05) is 12.6 Å². The third-order valence-electron chi connectivity index (χ3n) is 7.40. The topological polar surface area (TPSA) is 116 Å². The molecule has 3 aliphatic heterocycles. The first-order valence-corrected chi connectivity index (χ1v) is 12.3. The highest BCUT2D eigenvalue weighted by Crippen LogP contribution is 2.31. The van der Waals surface area contributed by atoms with Crippen LogP contribution in [-0.4, -0.2) is 68.2 Å². The smallest absolute Gasteiger partial charge is 0.410 e. The zero-order valence-corrected chi connectivity index (χ0v) is 20.2. The van der Waals surface area contributed by atoms with E-state index < -0.39 is 5.97 Å². The maximum absolute atomic E-state index is 12.7. The third kappa shape index (κ3) is 4.98. The van der Waals surface area contributed by atoms with Crippen molar-refractivity contribution in [3.8, 4) is 17.0 Å². The maximum atomic E-state index is 12.7. The van der Waals surface area contributed by atoms with E-state index in [-0.39, 0.29) is 36.9 Å². The maximum Gasteiger partial charge on any atom is 0.410 e. The molecule has 1 N–H and O–H groups in total. The molecule has 10 heteroatoms. The molecule has 1 aliphatic carbocycles. The Balaban J connectivity index is 1.25. The molecular formula is C25H32N4O6. The number of hydrogen-bond donors (Lipinski definition) is 1. The van der Waals surface area contributed by atoms with E-state index in [4.69, 9.17) is 19.2 Å². The fourth-order valence-corrected chi connectivity index (χ4v) is 5.31. The molecule has 5 heterocycles. The van der Waals surface area contributed by atoms with Crippen LogP contribution >= 0.6 is 0 Å². The second-order valence-electron chi connectivity index (χ2n) is 9.74. The van der Waals surface area contributed by atoms with E-state index in [0.29, 0.717) is 37.4 Å². The number of carbonyl (C=O) groups is 2. The fraction of sp³-hybridized carbons (Fsp3) is 0.600. The number of carboxylic acid groups (broad SMARTS) is 1. The lowest BCUT2D eigenvalue weighted by Gasteiger charge is -2.44. The van der Waals surface area contributed by atoms with Crippen molar-refractivity contribution in [1.29, 1.82) is 0 Å². The molecule has 2 unspecified atom stereocenters. The third-order valence-corrected chi connectivity index (χ3v) is 7.40. The number of pyridine rings is 1. The van der Waals surface area contributed by atoms with Crippen molar-refractivity contribution < 1.29 is 28.9 Å². The molecule has 188 valence electrons. The summed E-state index contributed by atoms with van der Waals surface area (Å²) in [6, 6.07) is 3.82. The fourth-order valence-electron chi connectivity index (χ4n) is 5.31. The summed E-state index contributed by atoms with van der Waals surface area (Å²) in [6.45, 7) is 3.13. The first-order chi connectivity index (χ1) is 16.9. The Labute approximate surface area is 204 Å². The number of hydrogen-bond acceptors (Lipinski definition) is 7. The predicted octanol–water partition coefficient (Wildman–Crippen LogP) is 3.31. The van der Waals surface area contributed by atoms with Crippen LogP contribution in [0.2, 0.25) is 0 Å². The molecule has 6 rings (SSSR count). The molecular weight excluding hydrogens is 452 g/mol. The van der Waals surface area contributed by atoms with Crippen LogP contribution in [-0.2, 0) is 27.9 Å². The lowest BCUT2D eigenvalue weighted by Crippen LogP contribution is -2.56. The largest absolute Gasteiger partial charge is 0.489 e. The highest BCUT2D eigenvalue weighted by Gasteiger charge is 2.38. The van der Waals surface area contributed by atoms with Gasteiger partial charge in [0.1, 0.15) is 12.4 Å². The summed E-state index contributed by atoms with van der Waals surface area (Å²) in [7, 11) is 1.82. The number of carbonyl (C=O) groups excluding carboxylic acids is 1. The molecule has 0 spiro atoms. The molecule has 4 aliphatic rings. The van der Waals surface area contributed by atoms with Crippen molar-refractivity contribution >= 4 is 12.1 Å². The van der Waals surface area contributed by atoms with Gasteiger partial charge in [-0.3, -0.25) is 9.48 Å². The zero-order chi connectivity index (χ0) is 24.5. The second kappa shape index (κ2) is 9.85. The number of rotatable bonds is 6. The second-order valence-corrected chi connectivity index (χ2v) is 9.74. The van der Waals surface area contributed by atoms with Gasteiger partial charge in [0.2, 0.25) is 0 Å². The molecule has 0 radical (unpaired) electrons. The molecule has 10 nitrogen and oxygen atoms in total. The average Bonchev–Trinajstić information content (AvgIpc) is 3.24. The number of nitrogens with zero attached hydrogens (tertiary/aromatic N) is 4. The van der Waals surface area contributed by atoms with Gasteiger partial charge in [-0.2, -0.15) is 5.10 Å². The van der Waals surface area contributed by atoms with Gasteiger partial charge < -0.3 is 24.2 Å². The number of morpholine rings is 1. The van der Waals surface area contributed by atoms with Gasteiger partial charge in [-0.05, 0) is 57.6 Å². The summed E-state index contributed by atoms with van der Waals surface area (Å²) in [5.41, 5.74) is 2.98. The van der Waals surface area contributed by atoms with E-state index in [1.807, 2.05) is 26.1 Å². The molecule has 2 bridgehead atoms. The summed E-state index contributed by atoms with van der Waals surface area (Å²) >= 11 is 0. The number of piperidine rings is 1. The zero-order valence-electron chi connectivity index (χ0n) is 20.2. The van der Waals surface area contributed by atoms with Crippen molar-refractivity contribution in [2.45, 2.75) is 70.3 Å². The minimum absolute atomic E-state index is 0.0883. The standard InChI is InChI=1S/C25H32N4O6/c1-15-23(35-18-5-3-4-16(10-18)24(30)31)9-8-21(27-15)20-11-26-28(2)22(20)14-34-25(32)29-12-19-7-6-17(29)13-33-19/h8-9,11,16-19H,3-7,10,12-14H2,1-2H3,(H,30,31)/t16-,17?,18-,19?/m0/s1. The van der Waals surface area contributed by atoms with E-state index in [1.165, 1.54) is 0 Å². The Hall–Kier alpha value is -3.14. The minimum atomic E-state index is -0.755. The van der Waals surface area contributed by atoms with Crippen molar-refractivity contribution in [2.75, 3.05) is 13.2 Å². The number of carboxylic acids is 1. The Morgan fingerprint density at radius 3 is 2.77 bits per heavy atom. The SMILES string of the molecule is Cc1nc(-c2cnn(C)c2COC(=O)N2CC3CCC2CO3)ccc1O[C@H]1CCC[C@H](C(=O)O)C1. The molecule has 2 aromatic heterocycles. The Morgan fingerprint density at radius 1 is 1.23 bits per heavy atom. The lowest BCUT2D eigenvalue weighted by atomic mass is 9.87. The van der Waals surface area contributed by atoms with Crippen molar-refractivity contribution in [3.63, 3.8) is 0 Å². The van der Waals surface area contributed by atoms with Gasteiger partial charge in [-0.15, -0.1) is 0 Å². The highest BCUT2D eigenvalue weighted by molar-refractivity contribution is 5.70. The van der Waals surface area contributed by atoms with Crippen LogP contribution in [0.4, 0.5) is 4.79 Å². The van der Waals surface area contributed by atoms with Gasteiger partial charge in [-0.1, -0.05) is 0 Å². The Morgan fingerprint density at radius 2 is 2.09 bits per heavy atom. The molecule has 3 saturated heterocycles. The number of aryl methyl sites for hydroxylation is 2. The average molecular weight is 485 g/mol. The molecule has 1 amide bonds. The molecule has 0 aromatic carbocycles. The summed E-state index contributed by atoms with van der Waals surface area (Å²) in [6.07, 6.45) is 6.22. The lowest BCUT2D eigenvalue weighted by molar-refractivity contribution is -0.143. The molecule has 1 saturated carbocycles. The minimum Gasteiger partial charge on any atom is -0.489 e.